The molecule has 252 valence electrons. The molecule has 11 N–H and O–H groups in total. The Hall–Kier alpha value is -5.89. The van der Waals surface area contributed by atoms with Gasteiger partial charge in [0.15, 0.2) is 0 Å². The molecule has 14 nitrogen and oxygen atoms in total. The van der Waals surface area contributed by atoms with Crippen LogP contribution in [0.3, 0.4) is 0 Å². The summed E-state index contributed by atoms with van der Waals surface area (Å²) in [6.45, 7) is 0. The molecule has 0 radical (unpaired) electrons. The molecule has 0 aliphatic heterocycles. The summed E-state index contributed by atoms with van der Waals surface area (Å²) >= 11 is 0. The largest absolute Gasteiger partial charge is 0.508 e. The van der Waals surface area contributed by atoms with E-state index in [0.717, 1.165) is 10.9 Å². The van der Waals surface area contributed by atoms with Crippen molar-refractivity contribution in [2.75, 3.05) is 0 Å². The zero-order valence-electron chi connectivity index (χ0n) is 25.9. The second-order valence-electron chi connectivity index (χ2n) is 11.4. The first kappa shape index (κ1) is 35.0. The zero-order chi connectivity index (χ0) is 34.8. The predicted molar refractivity (Wildman–Crippen MR) is 175 cm³/mol. The van der Waals surface area contributed by atoms with E-state index >= 15 is 0 Å². The number of carboxylic acids is 1. The molecular weight excluding hydrogens is 620 g/mol. The van der Waals surface area contributed by atoms with E-state index in [0.29, 0.717) is 16.7 Å². The van der Waals surface area contributed by atoms with E-state index in [9.17, 15) is 39.3 Å². The van der Waals surface area contributed by atoms with Gasteiger partial charge in [0.1, 0.15) is 29.6 Å². The summed E-state index contributed by atoms with van der Waals surface area (Å²) in [6, 6.07) is 14.1. The Labute approximate surface area is 275 Å². The maximum atomic E-state index is 13.7. The fourth-order valence-corrected chi connectivity index (χ4v) is 5.15. The van der Waals surface area contributed by atoms with Crippen LogP contribution >= 0.6 is 0 Å². The first-order chi connectivity index (χ1) is 22.9. The van der Waals surface area contributed by atoms with Crippen molar-refractivity contribution < 1.29 is 39.3 Å². The Morgan fingerprint density at radius 2 is 1.23 bits per heavy atom. The second kappa shape index (κ2) is 16.1. The van der Waals surface area contributed by atoms with E-state index in [1.807, 2.05) is 24.3 Å². The van der Waals surface area contributed by atoms with Crippen LogP contribution in [0.15, 0.2) is 79.0 Å². The highest BCUT2D eigenvalue weighted by molar-refractivity contribution is 5.95. The van der Waals surface area contributed by atoms with Crippen LogP contribution in [0.1, 0.15) is 29.5 Å². The number of para-hydroxylation sites is 1. The summed E-state index contributed by atoms with van der Waals surface area (Å²) in [7, 11) is 0. The van der Waals surface area contributed by atoms with Gasteiger partial charge >= 0.3 is 5.97 Å². The average molecular weight is 659 g/mol. The number of rotatable bonds is 16. The minimum Gasteiger partial charge on any atom is -0.508 e. The van der Waals surface area contributed by atoms with Crippen LogP contribution in [0, 0.1) is 0 Å². The van der Waals surface area contributed by atoms with Crippen LogP contribution in [0.2, 0.25) is 0 Å². The molecule has 0 aliphatic rings. The van der Waals surface area contributed by atoms with Crippen LogP contribution in [0.5, 0.6) is 11.5 Å². The number of hydrogen-bond acceptors (Lipinski definition) is 8. The number of hydrogen-bond donors (Lipinski definition) is 9. The zero-order valence-corrected chi connectivity index (χ0v) is 25.9. The topological polar surface area (TPSA) is 250 Å². The van der Waals surface area contributed by atoms with Gasteiger partial charge in [-0.2, -0.15) is 0 Å². The van der Waals surface area contributed by atoms with Crippen molar-refractivity contribution in [1.82, 2.24) is 20.9 Å². The van der Waals surface area contributed by atoms with E-state index in [2.05, 4.69) is 20.9 Å². The second-order valence-corrected chi connectivity index (χ2v) is 11.4. The Morgan fingerprint density at radius 1 is 0.688 bits per heavy atom. The minimum atomic E-state index is -1.38. The number of carboxylic acid groups (broad SMARTS) is 1. The molecule has 0 bridgehead atoms. The third-order valence-corrected chi connectivity index (χ3v) is 7.76. The summed E-state index contributed by atoms with van der Waals surface area (Å²) in [4.78, 5) is 67.4. The molecule has 0 saturated heterocycles. The van der Waals surface area contributed by atoms with Gasteiger partial charge in [-0.25, -0.2) is 4.79 Å². The lowest BCUT2D eigenvalue weighted by Gasteiger charge is -2.25. The number of carbonyl (C=O) groups is 5. The molecule has 0 saturated carbocycles. The number of fused-ring (bicyclic) bond motifs is 1. The molecule has 0 fully saturated rings. The van der Waals surface area contributed by atoms with Crippen LogP contribution < -0.4 is 27.4 Å². The van der Waals surface area contributed by atoms with Gasteiger partial charge in [0, 0.05) is 36.4 Å². The van der Waals surface area contributed by atoms with Gasteiger partial charge in [-0.1, -0.05) is 42.5 Å². The normalized spacial score (nSPS) is 13.5. The Morgan fingerprint density at radius 3 is 1.83 bits per heavy atom. The lowest BCUT2D eigenvalue weighted by molar-refractivity contribution is -0.142. The highest BCUT2D eigenvalue weighted by atomic mass is 16.4. The highest BCUT2D eigenvalue weighted by Crippen LogP contribution is 2.20. The van der Waals surface area contributed by atoms with Crippen LogP contribution in [0.25, 0.3) is 10.9 Å². The molecule has 4 aromatic rings. The Balaban J connectivity index is 1.55. The van der Waals surface area contributed by atoms with Crippen LogP contribution in [-0.4, -0.2) is 74.1 Å². The number of carbonyl (C=O) groups excluding carboxylic acids is 4. The summed E-state index contributed by atoms with van der Waals surface area (Å²) in [5.41, 5.74) is 14.1. The summed E-state index contributed by atoms with van der Waals surface area (Å²) < 4.78 is 0. The molecule has 1 aromatic heterocycles. The molecule has 4 atom stereocenters. The molecule has 1 heterocycles. The van der Waals surface area contributed by atoms with Crippen molar-refractivity contribution >= 4 is 40.5 Å². The van der Waals surface area contributed by atoms with Gasteiger partial charge < -0.3 is 47.7 Å². The quantitative estimate of drug-likeness (QED) is 0.0822. The number of nitrogens with two attached hydrogens (primary N) is 2. The third kappa shape index (κ3) is 9.80. The number of primary amides is 1. The van der Waals surface area contributed by atoms with Crippen LogP contribution in [-0.2, 0) is 43.2 Å². The van der Waals surface area contributed by atoms with Crippen molar-refractivity contribution in [1.29, 1.82) is 0 Å². The number of phenolic OH excluding ortho intramolecular Hbond substituents is 2. The number of amides is 4. The number of aliphatic carboxylic acids is 1. The number of aromatic amines is 1. The van der Waals surface area contributed by atoms with E-state index < -0.39 is 53.8 Å². The van der Waals surface area contributed by atoms with Crippen molar-refractivity contribution in [2.45, 2.75) is 56.3 Å². The average Bonchev–Trinajstić information content (AvgIpc) is 3.46. The molecule has 4 amide bonds. The Bertz CT molecular complexity index is 1760. The fourth-order valence-electron chi connectivity index (χ4n) is 5.15. The first-order valence-electron chi connectivity index (χ1n) is 15.2. The van der Waals surface area contributed by atoms with Crippen molar-refractivity contribution in [2.24, 2.45) is 11.5 Å². The van der Waals surface area contributed by atoms with Gasteiger partial charge in [0.2, 0.25) is 23.6 Å². The molecule has 14 heteroatoms. The maximum absolute atomic E-state index is 13.7. The van der Waals surface area contributed by atoms with E-state index in [1.165, 1.54) is 36.4 Å². The lowest BCUT2D eigenvalue weighted by Crippen LogP contribution is -2.58. The predicted octanol–water partition coefficient (Wildman–Crippen LogP) is 0.739. The number of nitrogens with one attached hydrogen (secondary N) is 4. The minimum absolute atomic E-state index is 0.00421. The standard InChI is InChI=1S/C34H38N6O8/c35-25(15-19-5-9-22(41)10-6-19)31(44)38-27(13-14-30(36)43)32(45)39-28(17-21-18-37-26-4-2-1-3-24(21)26)33(46)40-29(34(47)48)16-20-7-11-23(42)12-8-20/h1-12,18,25,27-29,37,41-42H,13-17,35H2,(H2,36,43)(H,38,44)(H,39,45)(H,40,46)(H,47,48). The molecular formula is C34H38N6O8. The molecule has 3 aromatic carbocycles. The molecule has 48 heavy (non-hydrogen) atoms. The van der Waals surface area contributed by atoms with E-state index in [-0.39, 0.29) is 43.6 Å². The van der Waals surface area contributed by atoms with Gasteiger partial charge in [-0.05, 0) is 59.9 Å². The Kier molecular flexibility index (Phi) is 11.7. The highest BCUT2D eigenvalue weighted by Gasteiger charge is 2.31. The monoisotopic (exact) mass is 658 g/mol. The number of phenols is 2. The summed E-state index contributed by atoms with van der Waals surface area (Å²) in [6.07, 6.45) is 1.14. The van der Waals surface area contributed by atoms with Gasteiger partial charge in [-0.3, -0.25) is 19.2 Å². The molecule has 4 unspecified atom stereocenters. The summed E-state index contributed by atoms with van der Waals surface area (Å²) in [5, 5.41) is 37.5. The number of aromatic hydroxyl groups is 2. The van der Waals surface area contributed by atoms with E-state index in [4.69, 9.17) is 11.5 Å². The first-order valence-corrected chi connectivity index (χ1v) is 15.2. The third-order valence-electron chi connectivity index (χ3n) is 7.76. The number of H-pyrrole nitrogens is 1. The maximum Gasteiger partial charge on any atom is 0.326 e. The molecule has 4 rings (SSSR count). The fraction of sp³-hybridized carbons (Fsp3) is 0.265. The van der Waals surface area contributed by atoms with Crippen molar-refractivity contribution in [3.63, 3.8) is 0 Å². The van der Waals surface area contributed by atoms with Crippen molar-refractivity contribution in [3.05, 3.63) is 95.7 Å². The summed E-state index contributed by atoms with van der Waals surface area (Å²) in [5.74, 6) is -4.32. The SMILES string of the molecule is NC(=O)CCC(NC(=O)C(N)Cc1ccc(O)cc1)C(=O)NC(Cc1c[nH]c2ccccc12)C(=O)NC(Cc1ccc(O)cc1)C(=O)O. The molecule has 0 aliphatic carbocycles. The van der Waals surface area contributed by atoms with E-state index in [1.54, 1.807) is 18.3 Å². The van der Waals surface area contributed by atoms with Gasteiger partial charge in [0.05, 0.1) is 6.04 Å². The van der Waals surface area contributed by atoms with Gasteiger partial charge in [0.25, 0.3) is 0 Å². The van der Waals surface area contributed by atoms with Crippen LogP contribution in [0.4, 0.5) is 0 Å². The number of aromatic nitrogens is 1. The number of benzene rings is 3. The van der Waals surface area contributed by atoms with Crippen molar-refractivity contribution in [3.8, 4) is 11.5 Å². The molecule has 0 spiro atoms. The smallest absolute Gasteiger partial charge is 0.326 e. The lowest BCUT2D eigenvalue weighted by atomic mass is 10.0. The van der Waals surface area contributed by atoms with Gasteiger partial charge in [-0.15, -0.1) is 0 Å².